The highest BCUT2D eigenvalue weighted by Crippen LogP contribution is 2.19. The first-order valence-electron chi connectivity index (χ1n) is 11.6. The molecule has 0 spiro atoms. The maximum atomic E-state index is 12.5. The SMILES string of the molecule is CN=C(NCCOC1CCCCCC1)NCCC(=O)N1CCN(c2ncccn2)CC1.I. The predicted molar refractivity (Wildman–Crippen MR) is 138 cm³/mol. The Bertz CT molecular complexity index is 676. The second-order valence-electron chi connectivity index (χ2n) is 8.08. The van der Waals surface area contributed by atoms with Crippen molar-refractivity contribution in [2.45, 2.75) is 51.0 Å². The van der Waals surface area contributed by atoms with E-state index in [-0.39, 0.29) is 29.9 Å². The van der Waals surface area contributed by atoms with Gasteiger partial charge in [0.05, 0.1) is 12.7 Å². The van der Waals surface area contributed by atoms with E-state index < -0.39 is 0 Å². The number of piperazine rings is 1. The third-order valence-electron chi connectivity index (χ3n) is 5.87. The van der Waals surface area contributed by atoms with Crippen LogP contribution in [0.25, 0.3) is 0 Å². The van der Waals surface area contributed by atoms with Crippen LogP contribution in [-0.4, -0.2) is 85.8 Å². The Kier molecular flexibility index (Phi) is 12.6. The third-order valence-corrected chi connectivity index (χ3v) is 5.87. The van der Waals surface area contributed by atoms with Gasteiger partial charge in [-0.15, -0.1) is 24.0 Å². The topological polar surface area (TPSA) is 95.0 Å². The summed E-state index contributed by atoms with van der Waals surface area (Å²) in [5.74, 6) is 1.60. The molecule has 2 aliphatic rings. The molecule has 1 aromatic rings. The van der Waals surface area contributed by atoms with E-state index in [1.54, 1.807) is 19.4 Å². The number of ether oxygens (including phenoxy) is 1. The van der Waals surface area contributed by atoms with Gasteiger partial charge in [0.25, 0.3) is 0 Å². The zero-order valence-corrected chi connectivity index (χ0v) is 21.5. The third kappa shape index (κ3) is 9.05. The highest BCUT2D eigenvalue weighted by Gasteiger charge is 2.22. The van der Waals surface area contributed by atoms with Crippen LogP contribution in [0.3, 0.4) is 0 Å². The molecule has 1 saturated heterocycles. The Morgan fingerprint density at radius 1 is 1.06 bits per heavy atom. The molecule has 180 valence electrons. The summed E-state index contributed by atoms with van der Waals surface area (Å²) in [6.45, 7) is 4.86. The summed E-state index contributed by atoms with van der Waals surface area (Å²) < 4.78 is 6.00. The average Bonchev–Trinajstić information content (AvgIpc) is 3.10. The lowest BCUT2D eigenvalue weighted by atomic mass is 10.1. The molecule has 3 rings (SSSR count). The molecular weight excluding hydrogens is 521 g/mol. The molecule has 0 bridgehead atoms. The van der Waals surface area contributed by atoms with E-state index in [0.29, 0.717) is 51.3 Å². The van der Waals surface area contributed by atoms with Gasteiger partial charge < -0.3 is 25.2 Å². The first-order valence-corrected chi connectivity index (χ1v) is 11.6. The highest BCUT2D eigenvalue weighted by atomic mass is 127. The lowest BCUT2D eigenvalue weighted by molar-refractivity contribution is -0.131. The second kappa shape index (κ2) is 15.2. The second-order valence-corrected chi connectivity index (χ2v) is 8.08. The number of hydrogen-bond donors (Lipinski definition) is 2. The number of aromatic nitrogens is 2. The minimum atomic E-state index is 0. The molecule has 2 N–H and O–H groups in total. The molecule has 1 aliphatic carbocycles. The van der Waals surface area contributed by atoms with Gasteiger partial charge in [0.1, 0.15) is 0 Å². The van der Waals surface area contributed by atoms with E-state index in [0.717, 1.165) is 19.0 Å². The number of carbonyl (C=O) groups is 1. The highest BCUT2D eigenvalue weighted by molar-refractivity contribution is 14.0. The largest absolute Gasteiger partial charge is 0.376 e. The van der Waals surface area contributed by atoms with Gasteiger partial charge in [-0.25, -0.2) is 9.97 Å². The number of anilines is 1. The number of nitrogens with zero attached hydrogens (tertiary/aromatic N) is 5. The van der Waals surface area contributed by atoms with Gasteiger partial charge >= 0.3 is 0 Å². The van der Waals surface area contributed by atoms with Gasteiger partial charge in [-0.3, -0.25) is 9.79 Å². The van der Waals surface area contributed by atoms with Gasteiger partial charge in [0.15, 0.2) is 5.96 Å². The zero-order chi connectivity index (χ0) is 21.7. The molecule has 1 aliphatic heterocycles. The molecule has 0 radical (unpaired) electrons. The van der Waals surface area contributed by atoms with E-state index in [9.17, 15) is 4.79 Å². The van der Waals surface area contributed by atoms with E-state index >= 15 is 0 Å². The summed E-state index contributed by atoms with van der Waals surface area (Å²) in [6.07, 6.45) is 11.9. The van der Waals surface area contributed by atoms with Crippen LogP contribution < -0.4 is 15.5 Å². The van der Waals surface area contributed by atoms with Crippen molar-refractivity contribution in [3.05, 3.63) is 18.5 Å². The molecule has 10 heteroatoms. The van der Waals surface area contributed by atoms with Crippen LogP contribution in [-0.2, 0) is 9.53 Å². The van der Waals surface area contributed by atoms with Gasteiger partial charge in [0, 0.05) is 65.1 Å². The maximum Gasteiger partial charge on any atom is 0.225 e. The number of guanidine groups is 1. The number of aliphatic imine (C=N–C) groups is 1. The molecule has 9 nitrogen and oxygen atoms in total. The molecule has 1 saturated carbocycles. The molecule has 0 aromatic carbocycles. The number of hydrogen-bond acceptors (Lipinski definition) is 6. The number of carbonyl (C=O) groups excluding carboxylic acids is 1. The Hall–Kier alpha value is -1.69. The Morgan fingerprint density at radius 3 is 2.38 bits per heavy atom. The number of nitrogens with one attached hydrogen (secondary N) is 2. The van der Waals surface area contributed by atoms with Crippen molar-refractivity contribution >= 4 is 41.8 Å². The lowest BCUT2D eigenvalue weighted by Crippen LogP contribution is -2.50. The predicted octanol–water partition coefficient (Wildman–Crippen LogP) is 2.04. The first kappa shape index (κ1) is 26.6. The Morgan fingerprint density at radius 2 is 1.72 bits per heavy atom. The fourth-order valence-corrected chi connectivity index (χ4v) is 4.08. The lowest BCUT2D eigenvalue weighted by Gasteiger charge is -2.34. The maximum absolute atomic E-state index is 12.5. The summed E-state index contributed by atoms with van der Waals surface area (Å²) in [4.78, 5) is 29.4. The minimum Gasteiger partial charge on any atom is -0.376 e. The van der Waals surface area contributed by atoms with Crippen molar-refractivity contribution in [3.8, 4) is 0 Å². The summed E-state index contributed by atoms with van der Waals surface area (Å²) in [6, 6.07) is 1.81. The average molecular weight is 559 g/mol. The molecule has 0 unspecified atom stereocenters. The monoisotopic (exact) mass is 559 g/mol. The molecule has 1 aromatic heterocycles. The van der Waals surface area contributed by atoms with E-state index in [2.05, 4.69) is 30.5 Å². The van der Waals surface area contributed by atoms with Crippen molar-refractivity contribution in [1.82, 2.24) is 25.5 Å². The summed E-state index contributed by atoms with van der Waals surface area (Å²) in [5, 5.41) is 6.50. The van der Waals surface area contributed by atoms with E-state index in [1.807, 2.05) is 11.0 Å². The van der Waals surface area contributed by atoms with Crippen molar-refractivity contribution < 1.29 is 9.53 Å². The molecule has 0 atom stereocenters. The first-order chi connectivity index (χ1) is 15.3. The van der Waals surface area contributed by atoms with E-state index in [4.69, 9.17) is 4.74 Å². The van der Waals surface area contributed by atoms with Gasteiger partial charge in [-0.1, -0.05) is 25.7 Å². The van der Waals surface area contributed by atoms with Crippen molar-refractivity contribution in [2.24, 2.45) is 4.99 Å². The fourth-order valence-electron chi connectivity index (χ4n) is 4.08. The summed E-state index contributed by atoms with van der Waals surface area (Å²) >= 11 is 0. The van der Waals surface area contributed by atoms with Crippen LogP contribution in [0.5, 0.6) is 0 Å². The zero-order valence-electron chi connectivity index (χ0n) is 19.2. The summed E-state index contributed by atoms with van der Waals surface area (Å²) in [7, 11) is 1.74. The molecule has 32 heavy (non-hydrogen) atoms. The normalized spacial score (nSPS) is 18.0. The van der Waals surface area contributed by atoms with Crippen molar-refractivity contribution in [1.29, 1.82) is 0 Å². The number of rotatable bonds is 8. The molecule has 2 heterocycles. The van der Waals surface area contributed by atoms with Crippen LogP contribution >= 0.6 is 24.0 Å². The van der Waals surface area contributed by atoms with Crippen LogP contribution in [0.4, 0.5) is 5.95 Å². The number of amides is 1. The molecule has 1 amide bonds. The molecule has 2 fully saturated rings. The fraction of sp³-hybridized carbons (Fsp3) is 0.727. The van der Waals surface area contributed by atoms with Gasteiger partial charge in [0.2, 0.25) is 11.9 Å². The quantitative estimate of drug-likeness (QED) is 0.166. The van der Waals surface area contributed by atoms with Gasteiger partial charge in [-0.2, -0.15) is 0 Å². The number of halogens is 1. The van der Waals surface area contributed by atoms with Crippen LogP contribution in [0.1, 0.15) is 44.9 Å². The van der Waals surface area contributed by atoms with Crippen molar-refractivity contribution in [2.75, 3.05) is 57.8 Å². The van der Waals surface area contributed by atoms with Crippen LogP contribution in [0, 0.1) is 0 Å². The summed E-state index contributed by atoms with van der Waals surface area (Å²) in [5.41, 5.74) is 0. The molecular formula is C22H38IN7O2. The van der Waals surface area contributed by atoms with Crippen LogP contribution in [0.2, 0.25) is 0 Å². The Balaban J connectivity index is 0.00000363. The van der Waals surface area contributed by atoms with Crippen molar-refractivity contribution in [3.63, 3.8) is 0 Å². The Labute approximate surface area is 208 Å². The smallest absolute Gasteiger partial charge is 0.225 e. The van der Waals surface area contributed by atoms with E-state index in [1.165, 1.54) is 38.5 Å². The standard InChI is InChI=1S/C22H37N7O2.HI/c1-23-21(25-13-18-31-19-7-4-2-3-5-8-19)24-12-9-20(30)28-14-16-29(17-15-28)22-26-10-6-11-27-22;/h6,10-11,19H,2-5,7-9,12-18H2,1H3,(H2,23,24,25);1H. The minimum absolute atomic E-state index is 0. The van der Waals surface area contributed by atoms with Gasteiger partial charge in [-0.05, 0) is 18.9 Å². The van der Waals surface area contributed by atoms with Crippen LogP contribution in [0.15, 0.2) is 23.5 Å².